The van der Waals surface area contributed by atoms with E-state index in [1.807, 2.05) is 28.8 Å². The Balaban J connectivity index is 1.57. The maximum absolute atomic E-state index is 13.2. The molecule has 5 nitrogen and oxygen atoms in total. The standard InChI is InChI=1S/C19H12F2N4O/c20-13-7-12(8-14(21)9-13)19(26)24-15-5-6-18(22-10-15)25-11-23-16-3-1-2-4-17(16)25/h1-11H,(H,24,26). The highest BCUT2D eigenvalue weighted by Gasteiger charge is 2.10. The first-order valence-electron chi connectivity index (χ1n) is 7.76. The third-order valence-electron chi connectivity index (χ3n) is 3.83. The van der Waals surface area contributed by atoms with Crippen molar-refractivity contribution in [1.29, 1.82) is 0 Å². The van der Waals surface area contributed by atoms with E-state index in [4.69, 9.17) is 0 Å². The number of nitrogens with zero attached hydrogens (tertiary/aromatic N) is 3. The van der Waals surface area contributed by atoms with Crippen LogP contribution in [0.5, 0.6) is 0 Å². The number of hydrogen-bond donors (Lipinski definition) is 1. The van der Waals surface area contributed by atoms with Crippen molar-refractivity contribution in [2.75, 3.05) is 5.32 Å². The van der Waals surface area contributed by atoms with Gasteiger partial charge in [0.1, 0.15) is 23.8 Å². The van der Waals surface area contributed by atoms with Crippen molar-refractivity contribution in [3.63, 3.8) is 0 Å². The van der Waals surface area contributed by atoms with Gasteiger partial charge in [-0.2, -0.15) is 0 Å². The Morgan fingerprint density at radius 3 is 2.46 bits per heavy atom. The van der Waals surface area contributed by atoms with Gasteiger partial charge in [0.25, 0.3) is 5.91 Å². The molecule has 0 saturated carbocycles. The molecule has 0 spiro atoms. The molecule has 0 aliphatic carbocycles. The van der Waals surface area contributed by atoms with E-state index in [0.29, 0.717) is 17.6 Å². The molecule has 0 atom stereocenters. The van der Waals surface area contributed by atoms with Crippen LogP contribution in [-0.2, 0) is 0 Å². The predicted octanol–water partition coefficient (Wildman–Crippen LogP) is 3.95. The van der Waals surface area contributed by atoms with E-state index in [1.165, 1.54) is 6.20 Å². The molecule has 2 aromatic carbocycles. The second kappa shape index (κ2) is 6.36. The highest BCUT2D eigenvalue weighted by atomic mass is 19.1. The number of nitrogens with one attached hydrogen (secondary N) is 1. The summed E-state index contributed by atoms with van der Waals surface area (Å²) in [4.78, 5) is 20.7. The Bertz CT molecular complexity index is 1090. The van der Waals surface area contributed by atoms with Crippen LogP contribution in [0.15, 0.2) is 67.1 Å². The Hall–Kier alpha value is -3.61. The lowest BCUT2D eigenvalue weighted by Gasteiger charge is -2.07. The predicted molar refractivity (Wildman–Crippen MR) is 93.2 cm³/mol. The van der Waals surface area contributed by atoms with Crippen molar-refractivity contribution in [3.8, 4) is 5.82 Å². The van der Waals surface area contributed by atoms with Crippen LogP contribution >= 0.6 is 0 Å². The number of fused-ring (bicyclic) bond motifs is 1. The van der Waals surface area contributed by atoms with Gasteiger partial charge < -0.3 is 5.32 Å². The van der Waals surface area contributed by atoms with Crippen LogP contribution in [0.2, 0.25) is 0 Å². The molecule has 0 aliphatic heterocycles. The van der Waals surface area contributed by atoms with Gasteiger partial charge >= 0.3 is 0 Å². The number of anilines is 1. The number of pyridine rings is 1. The van der Waals surface area contributed by atoms with Gasteiger partial charge in [-0.05, 0) is 36.4 Å². The van der Waals surface area contributed by atoms with Crippen molar-refractivity contribution in [3.05, 3.63) is 84.3 Å². The van der Waals surface area contributed by atoms with Crippen LogP contribution in [-0.4, -0.2) is 20.4 Å². The zero-order valence-corrected chi connectivity index (χ0v) is 13.4. The zero-order valence-electron chi connectivity index (χ0n) is 13.4. The molecular weight excluding hydrogens is 338 g/mol. The number of aromatic nitrogens is 3. The first-order valence-corrected chi connectivity index (χ1v) is 7.76. The fourth-order valence-corrected chi connectivity index (χ4v) is 2.63. The van der Waals surface area contributed by atoms with Gasteiger partial charge in [0.05, 0.1) is 22.9 Å². The molecule has 0 unspecified atom stereocenters. The number of rotatable bonds is 3. The van der Waals surface area contributed by atoms with E-state index in [1.54, 1.807) is 18.5 Å². The van der Waals surface area contributed by atoms with Gasteiger partial charge in [-0.15, -0.1) is 0 Å². The van der Waals surface area contributed by atoms with Gasteiger partial charge in [0.15, 0.2) is 0 Å². The van der Waals surface area contributed by atoms with Gasteiger partial charge in [-0.25, -0.2) is 18.7 Å². The summed E-state index contributed by atoms with van der Waals surface area (Å²) in [5, 5.41) is 2.56. The number of amides is 1. The summed E-state index contributed by atoms with van der Waals surface area (Å²) in [6, 6.07) is 13.7. The summed E-state index contributed by atoms with van der Waals surface area (Å²) in [5.41, 5.74) is 2.06. The lowest BCUT2D eigenvalue weighted by Crippen LogP contribution is -2.13. The molecule has 4 rings (SSSR count). The van der Waals surface area contributed by atoms with Gasteiger partial charge in [0.2, 0.25) is 0 Å². The van der Waals surface area contributed by atoms with Crippen LogP contribution in [0, 0.1) is 11.6 Å². The molecule has 0 saturated heterocycles. The maximum Gasteiger partial charge on any atom is 0.255 e. The van der Waals surface area contributed by atoms with Crippen molar-refractivity contribution in [2.45, 2.75) is 0 Å². The topological polar surface area (TPSA) is 59.8 Å². The van der Waals surface area contributed by atoms with E-state index in [0.717, 1.165) is 23.2 Å². The Kier molecular flexibility index (Phi) is 3.89. The summed E-state index contributed by atoms with van der Waals surface area (Å²) in [7, 11) is 0. The number of para-hydroxylation sites is 2. The average molecular weight is 350 g/mol. The molecule has 2 aromatic heterocycles. The average Bonchev–Trinajstić information content (AvgIpc) is 3.06. The van der Waals surface area contributed by atoms with E-state index >= 15 is 0 Å². The number of hydrogen-bond acceptors (Lipinski definition) is 3. The normalized spacial score (nSPS) is 10.8. The van der Waals surface area contributed by atoms with Crippen LogP contribution in [0.4, 0.5) is 14.5 Å². The highest BCUT2D eigenvalue weighted by Crippen LogP contribution is 2.18. The van der Waals surface area contributed by atoms with Gasteiger partial charge in [-0.1, -0.05) is 12.1 Å². The molecule has 0 radical (unpaired) electrons. The summed E-state index contributed by atoms with van der Waals surface area (Å²) in [6.07, 6.45) is 3.14. The largest absolute Gasteiger partial charge is 0.321 e. The Morgan fingerprint density at radius 2 is 1.73 bits per heavy atom. The summed E-state index contributed by atoms with van der Waals surface area (Å²) >= 11 is 0. The number of carbonyl (C=O) groups excluding carboxylic acids is 1. The second-order valence-electron chi connectivity index (χ2n) is 5.62. The molecule has 0 aliphatic rings. The van der Waals surface area contributed by atoms with Crippen molar-refractivity contribution < 1.29 is 13.6 Å². The van der Waals surface area contributed by atoms with Crippen LogP contribution in [0.3, 0.4) is 0 Å². The minimum absolute atomic E-state index is 0.104. The lowest BCUT2D eigenvalue weighted by atomic mass is 10.2. The maximum atomic E-state index is 13.2. The van der Waals surface area contributed by atoms with E-state index in [2.05, 4.69) is 15.3 Å². The van der Waals surface area contributed by atoms with Crippen molar-refractivity contribution >= 4 is 22.6 Å². The third kappa shape index (κ3) is 3.02. The minimum Gasteiger partial charge on any atom is -0.321 e. The van der Waals surface area contributed by atoms with Crippen LogP contribution < -0.4 is 5.32 Å². The lowest BCUT2D eigenvalue weighted by molar-refractivity contribution is 0.102. The first-order chi connectivity index (χ1) is 12.6. The fraction of sp³-hybridized carbons (Fsp3) is 0. The van der Waals surface area contributed by atoms with Crippen molar-refractivity contribution in [1.82, 2.24) is 14.5 Å². The molecular formula is C19H12F2N4O. The minimum atomic E-state index is -0.810. The number of imidazole rings is 1. The molecule has 0 bridgehead atoms. The summed E-state index contributed by atoms with van der Waals surface area (Å²) < 4.78 is 28.3. The van der Waals surface area contributed by atoms with Crippen LogP contribution in [0.1, 0.15) is 10.4 Å². The quantitative estimate of drug-likeness (QED) is 0.609. The molecule has 2 heterocycles. The van der Waals surface area contributed by atoms with Gasteiger partial charge in [-0.3, -0.25) is 9.36 Å². The number of benzene rings is 2. The van der Waals surface area contributed by atoms with Gasteiger partial charge in [0, 0.05) is 11.6 Å². The number of carbonyl (C=O) groups is 1. The summed E-state index contributed by atoms with van der Waals surface area (Å²) in [6.45, 7) is 0. The van der Waals surface area contributed by atoms with Crippen LogP contribution in [0.25, 0.3) is 16.9 Å². The molecule has 0 fully saturated rings. The highest BCUT2D eigenvalue weighted by molar-refractivity contribution is 6.04. The molecule has 4 aromatic rings. The van der Waals surface area contributed by atoms with E-state index in [-0.39, 0.29) is 5.56 Å². The molecule has 7 heteroatoms. The first kappa shape index (κ1) is 15.9. The molecule has 26 heavy (non-hydrogen) atoms. The van der Waals surface area contributed by atoms with Crippen molar-refractivity contribution in [2.24, 2.45) is 0 Å². The second-order valence-corrected chi connectivity index (χ2v) is 5.62. The molecule has 128 valence electrons. The smallest absolute Gasteiger partial charge is 0.255 e. The summed E-state index contributed by atoms with van der Waals surface area (Å²) in [5.74, 6) is -1.61. The molecule has 1 amide bonds. The van der Waals surface area contributed by atoms with E-state index < -0.39 is 17.5 Å². The Morgan fingerprint density at radius 1 is 0.962 bits per heavy atom. The Labute approximate surface area is 146 Å². The number of halogens is 2. The monoisotopic (exact) mass is 350 g/mol. The SMILES string of the molecule is O=C(Nc1ccc(-n2cnc3ccccc32)nc1)c1cc(F)cc(F)c1. The molecule has 1 N–H and O–H groups in total. The fourth-order valence-electron chi connectivity index (χ4n) is 2.63. The van der Waals surface area contributed by atoms with E-state index in [9.17, 15) is 13.6 Å². The zero-order chi connectivity index (χ0) is 18.1. The third-order valence-corrected chi connectivity index (χ3v) is 3.83.